The van der Waals surface area contributed by atoms with Crippen molar-refractivity contribution in [3.05, 3.63) is 0 Å². The second-order valence-corrected chi connectivity index (χ2v) is 4.68. The molecule has 0 rings (SSSR count). The Morgan fingerprint density at radius 1 is 1.50 bits per heavy atom. The lowest BCUT2D eigenvalue weighted by Gasteiger charge is -2.16. The number of thioether (sulfide) groups is 1. The van der Waals surface area contributed by atoms with Gasteiger partial charge in [0.1, 0.15) is 0 Å². The van der Waals surface area contributed by atoms with Gasteiger partial charge in [-0.05, 0) is 31.9 Å². The smallest absolute Gasteiger partial charge is 0.223 e. The van der Waals surface area contributed by atoms with Crippen LogP contribution in [0.15, 0.2) is 0 Å². The third-order valence-electron chi connectivity index (χ3n) is 2.00. The van der Waals surface area contributed by atoms with Gasteiger partial charge in [0.2, 0.25) is 5.91 Å². The fraction of sp³-hybridized carbons (Fsp3) is 0.900. The second kappa shape index (κ2) is 8.12. The van der Waals surface area contributed by atoms with Gasteiger partial charge >= 0.3 is 0 Å². The maximum absolute atomic E-state index is 11.3. The van der Waals surface area contributed by atoms with E-state index in [1.54, 1.807) is 19.0 Å². The SMILES string of the molecule is CSCCCNC(C)CC(=O)N(C)C. The van der Waals surface area contributed by atoms with Gasteiger partial charge < -0.3 is 10.2 Å². The van der Waals surface area contributed by atoms with E-state index in [0.29, 0.717) is 6.42 Å². The quantitative estimate of drug-likeness (QED) is 0.652. The number of carbonyl (C=O) groups excluding carboxylic acids is 1. The van der Waals surface area contributed by atoms with Crippen LogP contribution in [0.3, 0.4) is 0 Å². The van der Waals surface area contributed by atoms with Crippen molar-refractivity contribution in [2.24, 2.45) is 0 Å². The van der Waals surface area contributed by atoms with E-state index in [9.17, 15) is 4.79 Å². The molecule has 0 aromatic rings. The van der Waals surface area contributed by atoms with Crippen molar-refractivity contribution >= 4 is 17.7 Å². The van der Waals surface area contributed by atoms with Gasteiger partial charge in [0, 0.05) is 26.6 Å². The Kier molecular flexibility index (Phi) is 7.99. The van der Waals surface area contributed by atoms with Crippen molar-refractivity contribution in [3.8, 4) is 0 Å². The van der Waals surface area contributed by atoms with Gasteiger partial charge in [-0.1, -0.05) is 0 Å². The Morgan fingerprint density at radius 3 is 2.64 bits per heavy atom. The predicted molar refractivity (Wildman–Crippen MR) is 63.8 cm³/mol. The Bertz CT molecular complexity index is 162. The van der Waals surface area contributed by atoms with Crippen LogP contribution in [0.4, 0.5) is 0 Å². The molecule has 0 saturated heterocycles. The number of amides is 1. The second-order valence-electron chi connectivity index (χ2n) is 3.69. The molecule has 1 N–H and O–H groups in total. The molecule has 1 amide bonds. The summed E-state index contributed by atoms with van der Waals surface area (Å²) in [5.41, 5.74) is 0. The summed E-state index contributed by atoms with van der Waals surface area (Å²) < 4.78 is 0. The number of nitrogens with one attached hydrogen (secondary N) is 1. The number of hydrogen-bond donors (Lipinski definition) is 1. The predicted octanol–water partition coefficient (Wildman–Crippen LogP) is 1.20. The standard InChI is InChI=1S/C10H22N2OS/c1-9(8-10(13)12(2)3)11-6-5-7-14-4/h9,11H,5-8H2,1-4H3. The molecule has 0 fully saturated rings. The van der Waals surface area contributed by atoms with Gasteiger partial charge in [-0.15, -0.1) is 0 Å². The third-order valence-corrected chi connectivity index (χ3v) is 2.69. The molecule has 0 aromatic heterocycles. The molecule has 3 nitrogen and oxygen atoms in total. The summed E-state index contributed by atoms with van der Waals surface area (Å²) in [5.74, 6) is 1.37. The normalized spacial score (nSPS) is 12.6. The number of hydrogen-bond acceptors (Lipinski definition) is 3. The van der Waals surface area contributed by atoms with Crippen molar-refractivity contribution < 1.29 is 4.79 Å². The van der Waals surface area contributed by atoms with Gasteiger partial charge in [0.25, 0.3) is 0 Å². The molecular weight excluding hydrogens is 196 g/mol. The molecule has 84 valence electrons. The fourth-order valence-electron chi connectivity index (χ4n) is 1.08. The first kappa shape index (κ1) is 13.8. The molecule has 0 saturated carbocycles. The summed E-state index contributed by atoms with van der Waals surface area (Å²) >= 11 is 1.86. The zero-order valence-corrected chi connectivity index (χ0v) is 10.5. The van der Waals surface area contributed by atoms with Crippen LogP contribution < -0.4 is 5.32 Å². The first-order valence-electron chi connectivity index (χ1n) is 5.00. The molecule has 0 radical (unpaired) electrons. The van der Waals surface area contributed by atoms with Gasteiger partial charge in [0.15, 0.2) is 0 Å². The zero-order chi connectivity index (χ0) is 11.0. The first-order chi connectivity index (χ1) is 6.57. The first-order valence-corrected chi connectivity index (χ1v) is 6.39. The van der Waals surface area contributed by atoms with Gasteiger partial charge in [-0.25, -0.2) is 0 Å². The molecule has 0 bridgehead atoms. The maximum Gasteiger partial charge on any atom is 0.223 e. The maximum atomic E-state index is 11.3. The molecular formula is C10H22N2OS. The monoisotopic (exact) mass is 218 g/mol. The van der Waals surface area contributed by atoms with Crippen LogP contribution in [0.5, 0.6) is 0 Å². The molecule has 4 heteroatoms. The highest BCUT2D eigenvalue weighted by molar-refractivity contribution is 7.98. The lowest BCUT2D eigenvalue weighted by molar-refractivity contribution is -0.129. The summed E-state index contributed by atoms with van der Waals surface area (Å²) in [6, 6.07) is 0.284. The third kappa shape index (κ3) is 7.21. The summed E-state index contributed by atoms with van der Waals surface area (Å²) in [4.78, 5) is 13.0. The lowest BCUT2D eigenvalue weighted by Crippen LogP contribution is -2.33. The molecule has 0 spiro atoms. The van der Waals surface area contributed by atoms with E-state index >= 15 is 0 Å². The lowest BCUT2D eigenvalue weighted by atomic mass is 10.2. The van der Waals surface area contributed by atoms with E-state index in [2.05, 4.69) is 18.5 Å². The summed E-state index contributed by atoms with van der Waals surface area (Å²) in [6.07, 6.45) is 3.87. The van der Waals surface area contributed by atoms with Crippen LogP contribution in [-0.4, -0.2) is 49.5 Å². The topological polar surface area (TPSA) is 32.3 Å². The Hall–Kier alpha value is -0.220. The molecule has 0 aliphatic carbocycles. The van der Waals surface area contributed by atoms with E-state index in [0.717, 1.165) is 6.54 Å². The highest BCUT2D eigenvalue weighted by Gasteiger charge is 2.09. The van der Waals surface area contributed by atoms with Crippen molar-refractivity contribution in [2.75, 3.05) is 32.6 Å². The van der Waals surface area contributed by atoms with E-state index in [-0.39, 0.29) is 11.9 Å². The van der Waals surface area contributed by atoms with Crippen LogP contribution in [0.1, 0.15) is 19.8 Å². The largest absolute Gasteiger partial charge is 0.349 e. The Balaban J connectivity index is 3.45. The van der Waals surface area contributed by atoms with Gasteiger partial charge in [-0.3, -0.25) is 4.79 Å². The fourth-order valence-corrected chi connectivity index (χ4v) is 1.51. The highest BCUT2D eigenvalue weighted by Crippen LogP contribution is 1.97. The number of rotatable bonds is 7. The minimum absolute atomic E-state index is 0.190. The summed E-state index contributed by atoms with van der Waals surface area (Å²) in [5, 5.41) is 3.34. The van der Waals surface area contributed by atoms with Crippen LogP contribution in [0, 0.1) is 0 Å². The molecule has 1 unspecified atom stereocenters. The number of carbonyl (C=O) groups is 1. The Morgan fingerprint density at radius 2 is 2.14 bits per heavy atom. The average Bonchev–Trinajstić information content (AvgIpc) is 2.12. The van der Waals surface area contributed by atoms with Crippen LogP contribution in [0.25, 0.3) is 0 Å². The highest BCUT2D eigenvalue weighted by atomic mass is 32.2. The van der Waals surface area contributed by atoms with Crippen LogP contribution in [-0.2, 0) is 4.79 Å². The van der Waals surface area contributed by atoms with Crippen LogP contribution >= 0.6 is 11.8 Å². The molecule has 0 aliphatic heterocycles. The molecule has 0 aromatic carbocycles. The van der Waals surface area contributed by atoms with E-state index in [1.807, 2.05) is 11.8 Å². The van der Waals surface area contributed by atoms with Crippen molar-refractivity contribution in [1.29, 1.82) is 0 Å². The van der Waals surface area contributed by atoms with Crippen molar-refractivity contribution in [3.63, 3.8) is 0 Å². The van der Waals surface area contributed by atoms with Crippen molar-refractivity contribution in [2.45, 2.75) is 25.8 Å². The minimum atomic E-state index is 0.190. The minimum Gasteiger partial charge on any atom is -0.349 e. The average molecular weight is 218 g/mol. The van der Waals surface area contributed by atoms with E-state index in [1.165, 1.54) is 12.2 Å². The van der Waals surface area contributed by atoms with Crippen LogP contribution in [0.2, 0.25) is 0 Å². The van der Waals surface area contributed by atoms with Crippen molar-refractivity contribution in [1.82, 2.24) is 10.2 Å². The molecule has 0 heterocycles. The zero-order valence-electron chi connectivity index (χ0n) is 9.67. The summed E-state index contributed by atoms with van der Waals surface area (Å²) in [6.45, 7) is 3.06. The molecule has 14 heavy (non-hydrogen) atoms. The van der Waals surface area contributed by atoms with E-state index < -0.39 is 0 Å². The van der Waals surface area contributed by atoms with Gasteiger partial charge in [-0.2, -0.15) is 11.8 Å². The molecule has 0 aliphatic rings. The van der Waals surface area contributed by atoms with Gasteiger partial charge in [0.05, 0.1) is 0 Å². The number of nitrogens with zero attached hydrogens (tertiary/aromatic N) is 1. The summed E-state index contributed by atoms with van der Waals surface area (Å²) in [7, 11) is 3.59. The van der Waals surface area contributed by atoms with E-state index in [4.69, 9.17) is 0 Å². The Labute approximate surface area is 91.6 Å². The molecule has 1 atom stereocenters.